The van der Waals surface area contributed by atoms with Crippen LogP contribution in [0.5, 0.6) is 5.75 Å². The smallest absolute Gasteiger partial charge is 0.311 e. The molecule has 1 heterocycles. The van der Waals surface area contributed by atoms with Crippen LogP contribution in [0.25, 0.3) is 10.9 Å². The molecule has 28 heavy (non-hydrogen) atoms. The second-order valence-corrected chi connectivity index (χ2v) is 7.24. The van der Waals surface area contributed by atoms with E-state index in [-0.39, 0.29) is 5.91 Å². The maximum atomic E-state index is 13.3. The Bertz CT molecular complexity index is 1070. The van der Waals surface area contributed by atoms with Crippen LogP contribution in [0.4, 0.5) is 0 Å². The van der Waals surface area contributed by atoms with Crippen molar-refractivity contribution in [2.75, 3.05) is 7.11 Å². The van der Waals surface area contributed by atoms with E-state index in [9.17, 15) is 14.7 Å². The number of carboxylic acids is 1. The van der Waals surface area contributed by atoms with Crippen molar-refractivity contribution in [3.8, 4) is 5.75 Å². The highest BCUT2D eigenvalue weighted by Crippen LogP contribution is 2.42. The van der Waals surface area contributed by atoms with Crippen LogP contribution in [0, 0.1) is 6.92 Å². The summed E-state index contributed by atoms with van der Waals surface area (Å²) in [6.07, 6.45) is 0.359. The summed E-state index contributed by atoms with van der Waals surface area (Å²) in [4.78, 5) is 25.1. The zero-order valence-electron chi connectivity index (χ0n) is 15.6. The molecule has 3 aromatic rings. The van der Waals surface area contributed by atoms with Gasteiger partial charge in [-0.2, -0.15) is 0 Å². The molecule has 0 aliphatic heterocycles. The number of hydrogen-bond acceptors (Lipinski definition) is 3. The summed E-state index contributed by atoms with van der Waals surface area (Å²) in [6.45, 7) is 3.52. The minimum atomic E-state index is -0.970. The van der Waals surface area contributed by atoms with E-state index in [0.29, 0.717) is 49.9 Å². The molecule has 1 N–H and O–H groups in total. The second kappa shape index (κ2) is 7.86. The highest BCUT2D eigenvalue weighted by atomic mass is 35.5. The average molecular weight is 420 g/mol. The Morgan fingerprint density at radius 3 is 2.32 bits per heavy atom. The molecule has 0 bridgehead atoms. The van der Waals surface area contributed by atoms with Gasteiger partial charge in [-0.3, -0.25) is 14.2 Å². The number of halogens is 2. The third kappa shape index (κ3) is 3.25. The summed E-state index contributed by atoms with van der Waals surface area (Å²) in [6, 6.07) is 9.93. The first-order chi connectivity index (χ1) is 13.3. The zero-order chi connectivity index (χ0) is 20.6. The summed E-state index contributed by atoms with van der Waals surface area (Å²) in [5.74, 6) is -1.63. The van der Waals surface area contributed by atoms with Gasteiger partial charge >= 0.3 is 5.97 Å². The van der Waals surface area contributed by atoms with E-state index in [0.717, 1.165) is 0 Å². The van der Waals surface area contributed by atoms with E-state index in [1.54, 1.807) is 50.2 Å². The van der Waals surface area contributed by atoms with Crippen molar-refractivity contribution in [2.24, 2.45) is 0 Å². The van der Waals surface area contributed by atoms with Crippen molar-refractivity contribution in [1.29, 1.82) is 0 Å². The van der Waals surface area contributed by atoms with Gasteiger partial charge in [0.25, 0.3) is 5.91 Å². The van der Waals surface area contributed by atoms with Gasteiger partial charge < -0.3 is 9.84 Å². The van der Waals surface area contributed by atoms with E-state index in [1.807, 2.05) is 0 Å². The lowest BCUT2D eigenvalue weighted by Gasteiger charge is -2.12. The highest BCUT2D eigenvalue weighted by Gasteiger charge is 2.30. The second-order valence-electron chi connectivity index (χ2n) is 6.42. The molecule has 3 rings (SSSR count). The van der Waals surface area contributed by atoms with E-state index in [4.69, 9.17) is 27.9 Å². The maximum absolute atomic E-state index is 13.3. The molecule has 1 atom stereocenters. The number of methoxy groups -OCH3 is 1. The van der Waals surface area contributed by atoms with Crippen LogP contribution in [0.2, 0.25) is 10.0 Å². The van der Waals surface area contributed by atoms with Crippen LogP contribution in [-0.4, -0.2) is 28.7 Å². The number of carbonyl (C=O) groups is 2. The monoisotopic (exact) mass is 419 g/mol. The fraction of sp³-hybridized carbons (Fsp3) is 0.238. The summed E-state index contributed by atoms with van der Waals surface area (Å²) >= 11 is 12.5. The first-order valence-electron chi connectivity index (χ1n) is 8.72. The number of aliphatic carboxylic acids is 1. The number of benzene rings is 2. The maximum Gasteiger partial charge on any atom is 0.311 e. The van der Waals surface area contributed by atoms with Gasteiger partial charge in [0.2, 0.25) is 0 Å². The molecule has 2 aromatic carbocycles. The number of fused-ring (bicyclic) bond motifs is 1. The quantitative estimate of drug-likeness (QED) is 0.589. The van der Waals surface area contributed by atoms with Crippen molar-refractivity contribution < 1.29 is 19.4 Å². The van der Waals surface area contributed by atoms with Crippen molar-refractivity contribution >= 4 is 46.0 Å². The lowest BCUT2D eigenvalue weighted by molar-refractivity contribution is -0.138. The molecule has 0 saturated carbocycles. The SMILES string of the molecule is CCC(C(=O)O)c1c(C)n(C(=O)c2ccc(Cl)cc2)c2ccc(OC)c(Cl)c12. The normalized spacial score (nSPS) is 12.2. The topological polar surface area (TPSA) is 68.5 Å². The van der Waals surface area contributed by atoms with Crippen LogP contribution >= 0.6 is 23.2 Å². The molecular weight excluding hydrogens is 401 g/mol. The van der Waals surface area contributed by atoms with Crippen LogP contribution in [0.3, 0.4) is 0 Å². The van der Waals surface area contributed by atoms with Crippen molar-refractivity contribution in [3.63, 3.8) is 0 Å². The first kappa shape index (κ1) is 20.2. The number of hydrogen-bond donors (Lipinski definition) is 1. The zero-order valence-corrected chi connectivity index (χ0v) is 17.1. The average Bonchev–Trinajstić information content (AvgIpc) is 2.95. The Kier molecular flexibility index (Phi) is 5.68. The molecule has 0 aliphatic carbocycles. The van der Waals surface area contributed by atoms with Crippen LogP contribution < -0.4 is 4.74 Å². The predicted octanol–water partition coefficient (Wildman–Crippen LogP) is 5.53. The fourth-order valence-corrected chi connectivity index (χ4v) is 4.01. The Labute approximate surface area is 172 Å². The van der Waals surface area contributed by atoms with Crippen LogP contribution in [0.15, 0.2) is 36.4 Å². The number of carbonyl (C=O) groups excluding carboxylic acids is 1. The van der Waals surface area contributed by atoms with E-state index in [2.05, 4.69) is 0 Å². The number of ether oxygens (including phenoxy) is 1. The van der Waals surface area contributed by atoms with Gasteiger partial charge in [-0.1, -0.05) is 30.1 Å². The molecule has 0 aliphatic rings. The van der Waals surface area contributed by atoms with Gasteiger partial charge in [0, 0.05) is 21.7 Å². The summed E-state index contributed by atoms with van der Waals surface area (Å²) in [5.41, 5.74) is 2.04. The van der Waals surface area contributed by atoms with Gasteiger partial charge in [0.05, 0.1) is 23.6 Å². The molecule has 7 heteroatoms. The fourth-order valence-electron chi connectivity index (χ4n) is 3.54. The molecule has 0 spiro atoms. The molecule has 0 amide bonds. The van der Waals surface area contributed by atoms with Crippen molar-refractivity contribution in [2.45, 2.75) is 26.2 Å². The van der Waals surface area contributed by atoms with Gasteiger partial charge in [-0.25, -0.2) is 0 Å². The predicted molar refractivity (Wildman–Crippen MR) is 110 cm³/mol. The first-order valence-corrected chi connectivity index (χ1v) is 9.47. The van der Waals surface area contributed by atoms with Gasteiger partial charge in [0.15, 0.2) is 0 Å². The molecular formula is C21H19Cl2NO4. The molecule has 1 aromatic heterocycles. The van der Waals surface area contributed by atoms with Gasteiger partial charge in [-0.05, 0) is 55.3 Å². The van der Waals surface area contributed by atoms with Crippen LogP contribution in [-0.2, 0) is 4.79 Å². The third-order valence-corrected chi connectivity index (χ3v) is 5.52. The summed E-state index contributed by atoms with van der Waals surface area (Å²) in [7, 11) is 1.49. The van der Waals surface area contributed by atoms with Crippen LogP contribution in [0.1, 0.15) is 40.9 Å². The Hall–Kier alpha value is -2.50. The Morgan fingerprint density at radius 1 is 1.14 bits per heavy atom. The standard InChI is InChI=1S/C21H19Cl2NO4/c1-4-14(21(26)27)17-11(2)24(20(25)12-5-7-13(22)8-6-12)15-9-10-16(28-3)19(23)18(15)17/h5-10,14H,4H2,1-3H3,(H,26,27). The van der Waals surface area contributed by atoms with E-state index >= 15 is 0 Å². The van der Waals surface area contributed by atoms with E-state index < -0.39 is 11.9 Å². The molecule has 5 nitrogen and oxygen atoms in total. The number of carboxylic acid groups (broad SMARTS) is 1. The molecule has 146 valence electrons. The Balaban J connectivity index is 2.36. The van der Waals surface area contributed by atoms with Crippen molar-refractivity contribution in [3.05, 3.63) is 63.3 Å². The minimum absolute atomic E-state index is 0.285. The molecule has 0 fully saturated rings. The number of aromatic nitrogens is 1. The lowest BCUT2D eigenvalue weighted by atomic mass is 9.93. The highest BCUT2D eigenvalue weighted by molar-refractivity contribution is 6.37. The van der Waals surface area contributed by atoms with E-state index in [1.165, 1.54) is 11.7 Å². The van der Waals surface area contributed by atoms with Gasteiger partial charge in [-0.15, -0.1) is 0 Å². The molecule has 0 saturated heterocycles. The van der Waals surface area contributed by atoms with Crippen molar-refractivity contribution in [1.82, 2.24) is 4.57 Å². The minimum Gasteiger partial charge on any atom is -0.495 e. The summed E-state index contributed by atoms with van der Waals surface area (Å²) < 4.78 is 6.81. The lowest BCUT2D eigenvalue weighted by Crippen LogP contribution is -2.16. The molecule has 0 radical (unpaired) electrons. The Morgan fingerprint density at radius 2 is 1.79 bits per heavy atom. The number of rotatable bonds is 5. The molecule has 1 unspecified atom stereocenters. The third-order valence-electron chi connectivity index (χ3n) is 4.89. The van der Waals surface area contributed by atoms with Gasteiger partial charge in [0.1, 0.15) is 5.75 Å². The largest absolute Gasteiger partial charge is 0.495 e. The number of nitrogens with zero attached hydrogens (tertiary/aromatic N) is 1. The summed E-state index contributed by atoms with van der Waals surface area (Å²) in [5, 5.41) is 11.1.